The van der Waals surface area contributed by atoms with Gasteiger partial charge < -0.3 is 5.32 Å². The molecule has 0 saturated heterocycles. The first-order chi connectivity index (χ1) is 10.0. The van der Waals surface area contributed by atoms with E-state index in [1.165, 1.54) is 24.4 Å². The Hall–Kier alpha value is -0.920. The number of hydrogen-bond donors (Lipinski definition) is 1. The van der Waals surface area contributed by atoms with Crippen LogP contribution in [0.1, 0.15) is 50.7 Å². The molecule has 0 unspecified atom stereocenters. The number of nitrogens with zero attached hydrogens (tertiary/aromatic N) is 4. The fourth-order valence-corrected chi connectivity index (χ4v) is 3.92. The third-order valence-corrected chi connectivity index (χ3v) is 5.30. The van der Waals surface area contributed by atoms with Crippen LogP contribution < -0.4 is 5.32 Å². The van der Waals surface area contributed by atoms with Crippen LogP contribution in [0.5, 0.6) is 0 Å². The van der Waals surface area contributed by atoms with E-state index in [1.54, 1.807) is 11.3 Å². The van der Waals surface area contributed by atoms with Crippen LogP contribution in [0, 0.1) is 0 Å². The zero-order valence-electron chi connectivity index (χ0n) is 12.7. The van der Waals surface area contributed by atoms with Crippen LogP contribution in [0.15, 0.2) is 0 Å². The predicted octanol–water partition coefficient (Wildman–Crippen LogP) is 3.04. The van der Waals surface area contributed by atoms with Gasteiger partial charge in [0.2, 0.25) is 0 Å². The Morgan fingerprint density at radius 2 is 2.00 bits per heavy atom. The van der Waals surface area contributed by atoms with E-state index in [4.69, 9.17) is 0 Å². The Balaban J connectivity index is 1.62. The quantitative estimate of drug-likeness (QED) is 0.828. The van der Waals surface area contributed by atoms with Crippen molar-refractivity contribution in [3.63, 3.8) is 0 Å². The lowest BCUT2D eigenvalue weighted by molar-refractivity contribution is 0.568. The third kappa shape index (κ3) is 3.84. The summed E-state index contributed by atoms with van der Waals surface area (Å²) in [6, 6.07) is 0.785. The lowest BCUT2D eigenvalue weighted by Crippen LogP contribution is -2.17. The molecule has 1 N–H and O–H groups in total. The predicted molar refractivity (Wildman–Crippen MR) is 86.9 cm³/mol. The first-order valence-electron chi connectivity index (χ1n) is 7.43. The minimum atomic E-state index is -0.0116. The van der Waals surface area contributed by atoms with Crippen molar-refractivity contribution in [1.82, 2.24) is 25.1 Å². The highest BCUT2D eigenvalue weighted by Crippen LogP contribution is 2.35. The SMILES string of the molecule is CC(C)(C)c1nnsc1-c1nnc(CCCNC2CC2)s1. The maximum atomic E-state index is 4.34. The van der Waals surface area contributed by atoms with Crippen LogP contribution >= 0.6 is 22.9 Å². The molecular formula is C14H21N5S2. The molecule has 3 rings (SSSR count). The van der Waals surface area contributed by atoms with Gasteiger partial charge in [-0.3, -0.25) is 0 Å². The summed E-state index contributed by atoms with van der Waals surface area (Å²) in [6.45, 7) is 7.53. The van der Waals surface area contributed by atoms with E-state index in [0.717, 1.165) is 46.0 Å². The largest absolute Gasteiger partial charge is 0.314 e. The van der Waals surface area contributed by atoms with Gasteiger partial charge in [0, 0.05) is 17.9 Å². The maximum absolute atomic E-state index is 4.34. The van der Waals surface area contributed by atoms with Gasteiger partial charge in [-0.2, -0.15) is 0 Å². The van der Waals surface area contributed by atoms with E-state index in [2.05, 4.69) is 45.9 Å². The highest BCUT2D eigenvalue weighted by Gasteiger charge is 2.25. The Bertz CT molecular complexity index is 595. The molecule has 1 fully saturated rings. The molecule has 1 saturated carbocycles. The van der Waals surface area contributed by atoms with Crippen molar-refractivity contribution in [2.24, 2.45) is 0 Å². The van der Waals surface area contributed by atoms with E-state index in [1.807, 2.05) is 0 Å². The number of aromatic nitrogens is 4. The first kappa shape index (κ1) is 15.0. The zero-order chi connectivity index (χ0) is 14.9. The summed E-state index contributed by atoms with van der Waals surface area (Å²) in [5.41, 5.74) is 1.01. The Morgan fingerprint density at radius 1 is 1.19 bits per heavy atom. The third-order valence-electron chi connectivity index (χ3n) is 3.44. The summed E-state index contributed by atoms with van der Waals surface area (Å²) < 4.78 is 4.10. The molecule has 21 heavy (non-hydrogen) atoms. The second-order valence-electron chi connectivity index (χ2n) is 6.53. The monoisotopic (exact) mass is 323 g/mol. The van der Waals surface area contributed by atoms with Crippen molar-refractivity contribution < 1.29 is 0 Å². The smallest absolute Gasteiger partial charge is 0.161 e. The average Bonchev–Trinajstić information content (AvgIpc) is 2.92. The number of rotatable bonds is 6. The van der Waals surface area contributed by atoms with Crippen LogP contribution in [0.3, 0.4) is 0 Å². The minimum absolute atomic E-state index is 0.0116. The summed E-state index contributed by atoms with van der Waals surface area (Å²) >= 11 is 3.09. The molecule has 0 aliphatic heterocycles. The molecule has 2 aromatic heterocycles. The first-order valence-corrected chi connectivity index (χ1v) is 9.02. The van der Waals surface area contributed by atoms with Crippen LogP contribution in [0.2, 0.25) is 0 Å². The highest BCUT2D eigenvalue weighted by atomic mass is 32.1. The zero-order valence-corrected chi connectivity index (χ0v) is 14.4. The molecule has 1 aliphatic carbocycles. The number of hydrogen-bond acceptors (Lipinski definition) is 7. The minimum Gasteiger partial charge on any atom is -0.314 e. The highest BCUT2D eigenvalue weighted by molar-refractivity contribution is 7.19. The van der Waals surface area contributed by atoms with Crippen LogP contribution in [-0.4, -0.2) is 32.4 Å². The Labute approximate surface area is 133 Å². The standard InChI is InChI=1S/C14H21N5S2/c1-14(2,3)12-11(21-19-17-12)13-18-16-10(20-13)5-4-8-15-9-6-7-9/h9,15H,4-8H2,1-3H3. The van der Waals surface area contributed by atoms with E-state index in [-0.39, 0.29) is 5.41 Å². The lowest BCUT2D eigenvalue weighted by atomic mass is 9.91. The molecule has 114 valence electrons. The van der Waals surface area contributed by atoms with Crippen molar-refractivity contribution in [3.8, 4) is 9.88 Å². The summed E-state index contributed by atoms with van der Waals surface area (Å²) in [4.78, 5) is 1.07. The molecule has 2 aromatic rings. The topological polar surface area (TPSA) is 63.6 Å². The number of nitrogens with one attached hydrogen (secondary N) is 1. The van der Waals surface area contributed by atoms with Gasteiger partial charge in [0.1, 0.15) is 9.88 Å². The van der Waals surface area contributed by atoms with Crippen molar-refractivity contribution in [1.29, 1.82) is 0 Å². The van der Waals surface area contributed by atoms with E-state index in [0.29, 0.717) is 0 Å². The Kier molecular flexibility index (Phi) is 4.33. The van der Waals surface area contributed by atoms with Crippen molar-refractivity contribution in [2.75, 3.05) is 6.54 Å². The van der Waals surface area contributed by atoms with Gasteiger partial charge in [0.05, 0.1) is 5.69 Å². The van der Waals surface area contributed by atoms with Crippen LogP contribution in [0.4, 0.5) is 0 Å². The second-order valence-corrected chi connectivity index (χ2v) is 8.35. The molecule has 5 nitrogen and oxygen atoms in total. The molecule has 0 bridgehead atoms. The van der Waals surface area contributed by atoms with Crippen molar-refractivity contribution in [3.05, 3.63) is 10.7 Å². The lowest BCUT2D eigenvalue weighted by Gasteiger charge is -2.15. The van der Waals surface area contributed by atoms with Crippen molar-refractivity contribution in [2.45, 2.75) is 57.9 Å². The molecule has 0 atom stereocenters. The molecule has 0 radical (unpaired) electrons. The summed E-state index contributed by atoms with van der Waals surface area (Å²) in [5, 5.41) is 18.5. The van der Waals surface area contributed by atoms with Gasteiger partial charge in [-0.25, -0.2) is 0 Å². The molecule has 0 aromatic carbocycles. The van der Waals surface area contributed by atoms with Crippen LogP contribution in [-0.2, 0) is 11.8 Å². The molecule has 0 amide bonds. The van der Waals surface area contributed by atoms with E-state index in [9.17, 15) is 0 Å². The van der Waals surface area contributed by atoms with Gasteiger partial charge in [-0.15, -0.1) is 15.3 Å². The summed E-state index contributed by atoms with van der Waals surface area (Å²) in [6.07, 6.45) is 4.81. The fraction of sp³-hybridized carbons (Fsp3) is 0.714. The average molecular weight is 323 g/mol. The molecular weight excluding hydrogens is 302 g/mol. The van der Waals surface area contributed by atoms with Crippen LogP contribution in [0.25, 0.3) is 9.88 Å². The Morgan fingerprint density at radius 3 is 2.71 bits per heavy atom. The van der Waals surface area contributed by atoms with Gasteiger partial charge in [0.25, 0.3) is 0 Å². The van der Waals surface area contributed by atoms with E-state index < -0.39 is 0 Å². The second kappa shape index (κ2) is 6.06. The normalized spacial score (nSPS) is 15.6. The summed E-state index contributed by atoms with van der Waals surface area (Å²) in [5.74, 6) is 0. The van der Waals surface area contributed by atoms with Gasteiger partial charge in [0.15, 0.2) is 5.01 Å². The van der Waals surface area contributed by atoms with Gasteiger partial charge in [-0.05, 0) is 37.3 Å². The van der Waals surface area contributed by atoms with E-state index >= 15 is 0 Å². The van der Waals surface area contributed by atoms with Gasteiger partial charge >= 0.3 is 0 Å². The molecule has 1 aliphatic rings. The molecule has 7 heteroatoms. The molecule has 0 spiro atoms. The summed E-state index contributed by atoms with van der Waals surface area (Å²) in [7, 11) is 0. The van der Waals surface area contributed by atoms with Crippen molar-refractivity contribution >= 4 is 22.9 Å². The maximum Gasteiger partial charge on any atom is 0.161 e. The molecule has 2 heterocycles. The number of aryl methyl sites for hydroxylation is 1. The van der Waals surface area contributed by atoms with Gasteiger partial charge in [-0.1, -0.05) is 36.6 Å². The fourth-order valence-electron chi connectivity index (χ4n) is 2.10.